The van der Waals surface area contributed by atoms with Gasteiger partial charge in [-0.3, -0.25) is 0 Å². The minimum absolute atomic E-state index is 0. The van der Waals surface area contributed by atoms with Gasteiger partial charge in [0.2, 0.25) is 0 Å². The summed E-state index contributed by atoms with van der Waals surface area (Å²) in [5.74, 6) is -0.961. The fourth-order valence-electron chi connectivity index (χ4n) is 0.204. The third-order valence-electron chi connectivity index (χ3n) is 0.454. The Morgan fingerprint density at radius 2 is 2.00 bits per heavy atom. The molecule has 3 nitrogen and oxygen atoms in total. The second-order valence-electron chi connectivity index (χ2n) is 1.12. The Morgan fingerprint density at radius 1 is 1.62 bits per heavy atom. The first-order valence-corrected chi connectivity index (χ1v) is 1.97. The number of carboxylic acids is 1. The molecule has 51 valence electrons. The number of carboxylic acid groups (broad SMARTS) is 1. The van der Waals surface area contributed by atoms with Crippen molar-refractivity contribution >= 4 is 5.97 Å². The minimum atomic E-state index is -0.961. The van der Waals surface area contributed by atoms with E-state index in [4.69, 9.17) is 0 Å². The Kier molecular flexibility index (Phi) is 19.6. The van der Waals surface area contributed by atoms with Crippen LogP contribution < -0.4 is 5.11 Å². The zero-order valence-electron chi connectivity index (χ0n) is 4.56. The van der Waals surface area contributed by atoms with E-state index in [0.29, 0.717) is 6.42 Å². The van der Waals surface area contributed by atoms with Gasteiger partial charge in [-0.2, -0.15) is 0 Å². The molecule has 0 rings (SSSR count). The molecular weight excluding hydrogens is 155 g/mol. The molecule has 2 N–H and O–H groups in total. The van der Waals surface area contributed by atoms with Gasteiger partial charge in [-0.05, 0) is 6.42 Å². The maximum atomic E-state index is 9.49. The maximum Gasteiger partial charge on any atom is 2.00 e. The van der Waals surface area contributed by atoms with Gasteiger partial charge in [0.05, 0.1) is 0 Å². The van der Waals surface area contributed by atoms with Crippen LogP contribution in [0.3, 0.4) is 0 Å². The quantitative estimate of drug-likeness (QED) is 0.509. The summed E-state index contributed by atoms with van der Waals surface area (Å²) in [4.78, 5) is 9.49. The molecule has 0 aromatic heterocycles. The van der Waals surface area contributed by atoms with Crippen LogP contribution in [0.4, 0.5) is 0 Å². The van der Waals surface area contributed by atoms with Crippen LogP contribution in [-0.4, -0.2) is 11.4 Å². The molecule has 4 heteroatoms. The topological polar surface area (TPSA) is 71.6 Å². The van der Waals surface area contributed by atoms with E-state index in [1.54, 1.807) is 6.92 Å². The fraction of sp³-hybridized carbons (Fsp3) is 0.750. The first kappa shape index (κ1) is 15.7. The van der Waals surface area contributed by atoms with Gasteiger partial charge in [-0.1, -0.05) is 13.3 Å². The number of carbonyl (C=O) groups is 1. The molecule has 0 heterocycles. The SMILES string of the molecule is CCCC(=O)[O-].O.[Co+2]. The van der Waals surface area contributed by atoms with Crippen LogP contribution in [0.25, 0.3) is 0 Å². The predicted octanol–water partition coefficient (Wildman–Crippen LogP) is -1.29. The molecule has 0 saturated carbocycles. The molecule has 0 aromatic carbocycles. The molecule has 0 unspecified atom stereocenters. The largest absolute Gasteiger partial charge is 2.00 e. The van der Waals surface area contributed by atoms with Crippen molar-refractivity contribution in [3.8, 4) is 0 Å². The molecular formula is C4H9CoO3+. The standard InChI is InChI=1S/C4H8O2.Co.H2O/c1-2-3-4(5)6;;/h2-3H2,1H3,(H,5,6);;1H2/q;+2;/p-1. The summed E-state index contributed by atoms with van der Waals surface area (Å²) >= 11 is 0. The molecule has 0 fully saturated rings. The van der Waals surface area contributed by atoms with Gasteiger partial charge < -0.3 is 15.4 Å². The minimum Gasteiger partial charge on any atom is -0.550 e. The van der Waals surface area contributed by atoms with Crippen molar-refractivity contribution in [1.29, 1.82) is 0 Å². The van der Waals surface area contributed by atoms with Gasteiger partial charge in [0.25, 0.3) is 0 Å². The van der Waals surface area contributed by atoms with Crippen LogP contribution >= 0.6 is 0 Å². The summed E-state index contributed by atoms with van der Waals surface area (Å²) in [5.41, 5.74) is 0. The molecule has 0 atom stereocenters. The Morgan fingerprint density at radius 3 is 2.00 bits per heavy atom. The van der Waals surface area contributed by atoms with E-state index in [1.165, 1.54) is 0 Å². The van der Waals surface area contributed by atoms with E-state index in [1.807, 2.05) is 0 Å². The van der Waals surface area contributed by atoms with Crippen LogP contribution in [0.5, 0.6) is 0 Å². The van der Waals surface area contributed by atoms with E-state index in [-0.39, 0.29) is 28.7 Å². The third-order valence-corrected chi connectivity index (χ3v) is 0.454. The van der Waals surface area contributed by atoms with Crippen LogP contribution in [0, 0.1) is 0 Å². The maximum absolute atomic E-state index is 9.49. The summed E-state index contributed by atoms with van der Waals surface area (Å²) in [6.07, 6.45) is 0.850. The van der Waals surface area contributed by atoms with Crippen LogP contribution in [0.2, 0.25) is 0 Å². The van der Waals surface area contributed by atoms with Gasteiger partial charge in [0.1, 0.15) is 0 Å². The van der Waals surface area contributed by atoms with Gasteiger partial charge >= 0.3 is 16.8 Å². The third kappa shape index (κ3) is 16.8. The molecule has 0 amide bonds. The van der Waals surface area contributed by atoms with E-state index in [2.05, 4.69) is 0 Å². The van der Waals surface area contributed by atoms with Crippen molar-refractivity contribution in [3.05, 3.63) is 0 Å². The molecule has 0 aromatic rings. The Balaban J connectivity index is -0.000000125. The number of rotatable bonds is 2. The van der Waals surface area contributed by atoms with Gasteiger partial charge in [0.15, 0.2) is 0 Å². The fourth-order valence-corrected chi connectivity index (χ4v) is 0.204. The Hall–Kier alpha value is -0.0635. The number of hydrogen-bond donors (Lipinski definition) is 0. The zero-order valence-corrected chi connectivity index (χ0v) is 5.61. The molecule has 0 spiro atoms. The van der Waals surface area contributed by atoms with E-state index in [9.17, 15) is 9.90 Å². The average Bonchev–Trinajstić information content (AvgIpc) is 1.35. The summed E-state index contributed by atoms with van der Waals surface area (Å²) < 4.78 is 0. The molecule has 1 radical (unpaired) electrons. The summed E-state index contributed by atoms with van der Waals surface area (Å²) in [7, 11) is 0. The van der Waals surface area contributed by atoms with E-state index < -0.39 is 5.97 Å². The van der Waals surface area contributed by atoms with Crippen molar-refractivity contribution in [1.82, 2.24) is 0 Å². The molecule has 0 aliphatic carbocycles. The Bertz CT molecular complexity index is 55.2. The van der Waals surface area contributed by atoms with Gasteiger partial charge in [0, 0.05) is 5.97 Å². The number of aliphatic carboxylic acids is 1. The van der Waals surface area contributed by atoms with E-state index in [0.717, 1.165) is 0 Å². The van der Waals surface area contributed by atoms with Crippen LogP contribution in [0.1, 0.15) is 19.8 Å². The summed E-state index contributed by atoms with van der Waals surface area (Å²) in [5, 5.41) is 9.49. The number of hydrogen-bond acceptors (Lipinski definition) is 2. The molecule has 0 aliphatic rings. The van der Waals surface area contributed by atoms with Crippen molar-refractivity contribution in [2.75, 3.05) is 0 Å². The Labute approximate surface area is 58.6 Å². The summed E-state index contributed by atoms with van der Waals surface area (Å²) in [6.45, 7) is 1.80. The normalized spacial score (nSPS) is 6.12. The smallest absolute Gasteiger partial charge is 0.550 e. The predicted molar refractivity (Wildman–Crippen MR) is 23.5 cm³/mol. The van der Waals surface area contributed by atoms with E-state index >= 15 is 0 Å². The molecule has 0 aliphatic heterocycles. The van der Waals surface area contributed by atoms with Crippen molar-refractivity contribution in [2.24, 2.45) is 0 Å². The monoisotopic (exact) mass is 164 g/mol. The molecule has 0 saturated heterocycles. The van der Waals surface area contributed by atoms with Crippen molar-refractivity contribution in [3.63, 3.8) is 0 Å². The first-order valence-electron chi connectivity index (χ1n) is 1.97. The molecule has 0 bridgehead atoms. The van der Waals surface area contributed by atoms with Crippen LogP contribution in [-0.2, 0) is 21.6 Å². The zero-order chi connectivity index (χ0) is 4.99. The second-order valence-corrected chi connectivity index (χ2v) is 1.12. The van der Waals surface area contributed by atoms with Gasteiger partial charge in [-0.15, -0.1) is 0 Å². The van der Waals surface area contributed by atoms with Gasteiger partial charge in [-0.25, -0.2) is 0 Å². The van der Waals surface area contributed by atoms with Crippen LogP contribution in [0.15, 0.2) is 0 Å². The van der Waals surface area contributed by atoms with Crippen molar-refractivity contribution < 1.29 is 32.2 Å². The number of carbonyl (C=O) groups excluding carboxylic acids is 1. The van der Waals surface area contributed by atoms with Crippen molar-refractivity contribution in [2.45, 2.75) is 19.8 Å². The average molecular weight is 164 g/mol. The second kappa shape index (κ2) is 10.0. The first-order chi connectivity index (χ1) is 2.77. The molecule has 8 heavy (non-hydrogen) atoms. The summed E-state index contributed by atoms with van der Waals surface area (Å²) in [6, 6.07) is 0.